The predicted molar refractivity (Wildman–Crippen MR) is 86.4 cm³/mol. The summed E-state index contributed by atoms with van der Waals surface area (Å²) in [5, 5.41) is 12.4. The maximum atomic E-state index is 6.05. The van der Waals surface area contributed by atoms with Gasteiger partial charge in [-0.2, -0.15) is 4.68 Å². The summed E-state index contributed by atoms with van der Waals surface area (Å²) >= 11 is 9.53. The van der Waals surface area contributed by atoms with Gasteiger partial charge in [-0.3, -0.25) is 0 Å². The Bertz CT molecular complexity index is 795. The lowest BCUT2D eigenvalue weighted by Crippen LogP contribution is -2.01. The molecule has 1 heterocycles. The van der Waals surface area contributed by atoms with Crippen LogP contribution in [0.1, 0.15) is 5.56 Å². The molecule has 5 nitrogen and oxygen atoms in total. The Morgan fingerprint density at radius 1 is 1.19 bits per heavy atom. The third kappa shape index (κ3) is 2.77. The number of rotatable bonds is 2. The number of hydrogen-bond donors (Lipinski definition) is 1. The smallest absolute Gasteiger partial charge is 0.187 e. The zero-order valence-electron chi connectivity index (χ0n) is 11.1. The molecular formula is C14H11BrClN5. The van der Waals surface area contributed by atoms with Crippen molar-refractivity contribution in [1.82, 2.24) is 20.2 Å². The number of nitrogen functional groups attached to an aromatic ring is 1. The fourth-order valence-electron chi connectivity index (χ4n) is 2.04. The molecule has 0 fully saturated rings. The number of anilines is 1. The normalized spacial score (nSPS) is 10.8. The van der Waals surface area contributed by atoms with E-state index in [9.17, 15) is 0 Å². The molecule has 3 rings (SSSR count). The summed E-state index contributed by atoms with van der Waals surface area (Å²) < 4.78 is 2.69. The molecule has 0 saturated carbocycles. The maximum absolute atomic E-state index is 6.05. The van der Waals surface area contributed by atoms with Gasteiger partial charge in [0.15, 0.2) is 5.82 Å². The van der Waals surface area contributed by atoms with Crippen molar-refractivity contribution in [3.8, 4) is 17.1 Å². The van der Waals surface area contributed by atoms with E-state index in [0.29, 0.717) is 16.5 Å². The molecule has 0 bridgehead atoms. The summed E-state index contributed by atoms with van der Waals surface area (Å²) in [6.07, 6.45) is 0. The summed E-state index contributed by atoms with van der Waals surface area (Å²) in [6, 6.07) is 11.2. The Morgan fingerprint density at radius 3 is 2.71 bits per heavy atom. The van der Waals surface area contributed by atoms with Crippen molar-refractivity contribution in [2.75, 3.05) is 5.73 Å². The van der Waals surface area contributed by atoms with Crippen molar-refractivity contribution in [2.45, 2.75) is 6.92 Å². The van der Waals surface area contributed by atoms with E-state index in [1.807, 2.05) is 25.1 Å². The van der Waals surface area contributed by atoms with Crippen molar-refractivity contribution in [3.05, 3.63) is 51.5 Å². The van der Waals surface area contributed by atoms with E-state index in [4.69, 9.17) is 17.3 Å². The zero-order valence-corrected chi connectivity index (χ0v) is 13.4. The Kier molecular flexibility index (Phi) is 3.65. The van der Waals surface area contributed by atoms with Gasteiger partial charge in [-0.05, 0) is 59.3 Å². The minimum Gasteiger partial charge on any atom is -0.399 e. The van der Waals surface area contributed by atoms with Crippen molar-refractivity contribution in [3.63, 3.8) is 0 Å². The number of hydrogen-bond acceptors (Lipinski definition) is 4. The first-order valence-electron chi connectivity index (χ1n) is 6.16. The zero-order chi connectivity index (χ0) is 15.0. The SMILES string of the molecule is Cc1cc(-n2nnnc2-c2cc(N)cc(Cl)c2)ccc1Br. The number of nitrogens with two attached hydrogens (primary N) is 1. The molecule has 0 amide bonds. The monoisotopic (exact) mass is 363 g/mol. The molecule has 21 heavy (non-hydrogen) atoms. The van der Waals surface area contributed by atoms with Crippen LogP contribution in [0, 0.1) is 6.92 Å². The van der Waals surface area contributed by atoms with Crippen molar-refractivity contribution in [2.24, 2.45) is 0 Å². The standard InChI is InChI=1S/C14H11BrClN5/c1-8-4-12(2-3-13(8)15)21-14(18-19-20-21)9-5-10(16)7-11(17)6-9/h2-7H,17H2,1H3. The van der Waals surface area contributed by atoms with E-state index in [0.717, 1.165) is 21.3 Å². The molecule has 106 valence electrons. The van der Waals surface area contributed by atoms with E-state index in [1.165, 1.54) is 0 Å². The maximum Gasteiger partial charge on any atom is 0.187 e. The molecule has 3 aromatic rings. The van der Waals surface area contributed by atoms with Crippen molar-refractivity contribution in [1.29, 1.82) is 0 Å². The highest BCUT2D eigenvalue weighted by Gasteiger charge is 2.12. The Balaban J connectivity index is 2.14. The molecule has 0 unspecified atom stereocenters. The molecule has 0 aliphatic heterocycles. The molecule has 0 saturated heterocycles. The Hall–Kier alpha value is -1.92. The van der Waals surface area contributed by atoms with Crippen LogP contribution in [-0.4, -0.2) is 20.2 Å². The molecule has 0 aliphatic carbocycles. The topological polar surface area (TPSA) is 69.6 Å². The molecule has 7 heteroatoms. The second-order valence-electron chi connectivity index (χ2n) is 4.62. The van der Waals surface area contributed by atoms with Crippen LogP contribution < -0.4 is 5.73 Å². The molecule has 0 atom stereocenters. The third-order valence-electron chi connectivity index (χ3n) is 3.03. The second kappa shape index (κ2) is 5.46. The number of tetrazole rings is 1. The van der Waals surface area contributed by atoms with Gasteiger partial charge < -0.3 is 5.73 Å². The first-order valence-corrected chi connectivity index (χ1v) is 7.33. The minimum atomic E-state index is 0.548. The molecule has 1 aromatic heterocycles. The number of aromatic nitrogens is 4. The summed E-state index contributed by atoms with van der Waals surface area (Å²) in [5.41, 5.74) is 9.13. The average molecular weight is 365 g/mol. The van der Waals surface area contributed by atoms with E-state index in [-0.39, 0.29) is 0 Å². The van der Waals surface area contributed by atoms with Gasteiger partial charge >= 0.3 is 0 Å². The van der Waals surface area contributed by atoms with E-state index < -0.39 is 0 Å². The summed E-state index contributed by atoms with van der Waals surface area (Å²) in [5.74, 6) is 0.589. The van der Waals surface area contributed by atoms with Gasteiger partial charge in [0.25, 0.3) is 0 Å². The van der Waals surface area contributed by atoms with E-state index in [2.05, 4.69) is 31.5 Å². The van der Waals surface area contributed by atoms with Crippen LogP contribution in [0.25, 0.3) is 17.1 Å². The van der Waals surface area contributed by atoms with Crippen LogP contribution in [0.5, 0.6) is 0 Å². The predicted octanol–water partition coefficient (Wildman–Crippen LogP) is 3.64. The van der Waals surface area contributed by atoms with Crippen LogP contribution >= 0.6 is 27.5 Å². The van der Waals surface area contributed by atoms with Gasteiger partial charge in [-0.1, -0.05) is 27.5 Å². The largest absolute Gasteiger partial charge is 0.399 e. The van der Waals surface area contributed by atoms with Crippen LogP contribution in [0.4, 0.5) is 5.69 Å². The number of aryl methyl sites for hydroxylation is 1. The highest BCUT2D eigenvalue weighted by Crippen LogP contribution is 2.26. The van der Waals surface area contributed by atoms with Gasteiger partial charge in [-0.15, -0.1) is 5.10 Å². The highest BCUT2D eigenvalue weighted by atomic mass is 79.9. The first-order chi connectivity index (χ1) is 10.0. The van der Waals surface area contributed by atoms with Gasteiger partial charge in [-0.25, -0.2) is 0 Å². The Labute approximate surface area is 134 Å². The van der Waals surface area contributed by atoms with Crippen molar-refractivity contribution >= 4 is 33.2 Å². The Morgan fingerprint density at radius 2 is 2.00 bits per heavy atom. The number of benzene rings is 2. The lowest BCUT2D eigenvalue weighted by molar-refractivity contribution is 0.790. The van der Waals surface area contributed by atoms with Gasteiger partial charge in [0.1, 0.15) is 0 Å². The molecule has 2 aromatic carbocycles. The molecule has 0 spiro atoms. The van der Waals surface area contributed by atoms with Crippen LogP contribution in [0.2, 0.25) is 5.02 Å². The van der Waals surface area contributed by atoms with Gasteiger partial charge in [0, 0.05) is 20.7 Å². The molecule has 0 aliphatic rings. The third-order valence-corrected chi connectivity index (χ3v) is 4.14. The van der Waals surface area contributed by atoms with Crippen LogP contribution in [0.15, 0.2) is 40.9 Å². The van der Waals surface area contributed by atoms with Gasteiger partial charge in [0.2, 0.25) is 0 Å². The van der Waals surface area contributed by atoms with Crippen LogP contribution in [0.3, 0.4) is 0 Å². The van der Waals surface area contributed by atoms with E-state index in [1.54, 1.807) is 22.9 Å². The fraction of sp³-hybridized carbons (Fsp3) is 0.0714. The lowest BCUT2D eigenvalue weighted by atomic mass is 10.1. The summed E-state index contributed by atoms with van der Waals surface area (Å²) in [6.45, 7) is 2.01. The van der Waals surface area contributed by atoms with Crippen LogP contribution in [-0.2, 0) is 0 Å². The fourth-order valence-corrected chi connectivity index (χ4v) is 2.53. The molecular weight excluding hydrogens is 354 g/mol. The molecule has 2 N–H and O–H groups in total. The summed E-state index contributed by atoms with van der Waals surface area (Å²) in [7, 11) is 0. The van der Waals surface area contributed by atoms with Gasteiger partial charge in [0.05, 0.1) is 5.69 Å². The quantitative estimate of drug-likeness (QED) is 0.705. The molecule has 0 radical (unpaired) electrons. The number of halogens is 2. The first kappa shape index (κ1) is 14.0. The second-order valence-corrected chi connectivity index (χ2v) is 5.91. The number of nitrogens with zero attached hydrogens (tertiary/aromatic N) is 4. The lowest BCUT2D eigenvalue weighted by Gasteiger charge is -2.07. The highest BCUT2D eigenvalue weighted by molar-refractivity contribution is 9.10. The summed E-state index contributed by atoms with van der Waals surface area (Å²) in [4.78, 5) is 0. The average Bonchev–Trinajstić information content (AvgIpc) is 2.90. The minimum absolute atomic E-state index is 0.548. The van der Waals surface area contributed by atoms with E-state index >= 15 is 0 Å². The van der Waals surface area contributed by atoms with Crippen molar-refractivity contribution < 1.29 is 0 Å².